The largest absolute Gasteiger partial charge is 0.494 e. The zero-order valence-electron chi connectivity index (χ0n) is 21.0. The van der Waals surface area contributed by atoms with Gasteiger partial charge in [-0.25, -0.2) is 0 Å². The number of hydrogen-bond acceptors (Lipinski definition) is 2. The van der Waals surface area contributed by atoms with Crippen molar-refractivity contribution in [3.63, 3.8) is 0 Å². The molecule has 0 atom stereocenters. The van der Waals surface area contributed by atoms with E-state index >= 15 is 0 Å². The Balaban J connectivity index is 1.51. The van der Waals surface area contributed by atoms with Crippen LogP contribution < -0.4 is 4.74 Å². The van der Waals surface area contributed by atoms with Crippen molar-refractivity contribution in [3.05, 3.63) is 54.1 Å². The Hall–Kier alpha value is -1.84. The van der Waals surface area contributed by atoms with E-state index in [-0.39, 0.29) is 0 Å². The third-order valence-electron chi connectivity index (χ3n) is 7.20. The Bertz CT molecular complexity index is 830. The quantitative estimate of drug-likeness (QED) is 0.206. The summed E-state index contributed by atoms with van der Waals surface area (Å²) in [5.74, 6) is 0.937. The molecular weight excluding hydrogens is 422 g/mol. The van der Waals surface area contributed by atoms with E-state index in [9.17, 15) is 0 Å². The van der Waals surface area contributed by atoms with Crippen LogP contribution in [-0.2, 0) is 0 Å². The number of hydrogen-bond donors (Lipinski definition) is 0. The molecule has 0 heterocycles. The van der Waals surface area contributed by atoms with Gasteiger partial charge in [0.25, 0.3) is 0 Å². The van der Waals surface area contributed by atoms with Crippen LogP contribution in [0.3, 0.4) is 0 Å². The molecule has 2 rings (SSSR count). The van der Waals surface area contributed by atoms with E-state index in [1.54, 1.807) is 0 Å². The first-order valence-electron chi connectivity index (χ1n) is 12.5. The highest BCUT2D eigenvalue weighted by atomic mass is 29.3. The van der Waals surface area contributed by atoms with Crippen LogP contribution in [0.4, 0.5) is 0 Å². The molecule has 4 heteroatoms. The van der Waals surface area contributed by atoms with E-state index < -0.39 is 15.2 Å². The number of ether oxygens (including phenoxy) is 1. The molecule has 0 unspecified atom stereocenters. The molecule has 0 aliphatic heterocycles. The van der Waals surface area contributed by atoms with E-state index in [1.165, 1.54) is 51.0 Å². The summed E-state index contributed by atoms with van der Waals surface area (Å²) in [6.07, 6.45) is 10.8. The normalized spacial score (nSPS) is 11.9. The average molecular weight is 466 g/mol. The van der Waals surface area contributed by atoms with Crippen molar-refractivity contribution >= 4 is 15.2 Å². The summed E-state index contributed by atoms with van der Waals surface area (Å²) < 4.78 is 5.92. The highest BCUT2D eigenvalue weighted by Crippen LogP contribution is 2.26. The second-order valence-electron chi connectivity index (χ2n) is 10.8. The maximum Gasteiger partial charge on any atom is 0.119 e. The van der Waals surface area contributed by atoms with Crippen LogP contribution in [0.15, 0.2) is 48.5 Å². The Kier molecular flexibility index (Phi) is 10.7. The van der Waals surface area contributed by atoms with Crippen molar-refractivity contribution in [2.75, 3.05) is 6.61 Å². The first kappa shape index (κ1) is 26.4. The molecule has 0 radical (unpaired) electrons. The highest BCUT2D eigenvalue weighted by Gasteiger charge is 2.35. The Morgan fingerprint density at radius 1 is 0.656 bits per heavy atom. The minimum absolute atomic E-state index is 0.691. The summed E-state index contributed by atoms with van der Waals surface area (Å²) in [7, 11) is -1.84. The smallest absolute Gasteiger partial charge is 0.119 e. The number of benzene rings is 2. The van der Waals surface area contributed by atoms with Crippen LogP contribution in [0.5, 0.6) is 5.75 Å². The van der Waals surface area contributed by atoms with Gasteiger partial charge in [0.1, 0.15) is 5.75 Å². The lowest BCUT2D eigenvalue weighted by molar-refractivity contribution is 0.304. The molecule has 0 saturated heterocycles. The van der Waals surface area contributed by atoms with Crippen LogP contribution in [-0.4, -0.2) is 21.8 Å². The molecule has 2 nitrogen and oxygen atoms in total. The summed E-state index contributed by atoms with van der Waals surface area (Å²) in [5, 5.41) is 8.91. The van der Waals surface area contributed by atoms with Crippen LogP contribution in [0, 0.1) is 11.3 Å². The molecule has 2 aromatic rings. The molecule has 0 amide bonds. The van der Waals surface area contributed by atoms with E-state index in [2.05, 4.69) is 50.9 Å². The molecule has 0 fully saturated rings. The van der Waals surface area contributed by atoms with Crippen molar-refractivity contribution in [1.82, 2.24) is 0 Å². The SMILES string of the molecule is C[Si](C)(C)[Si](C)(C)CCCCCCCCCCOc1ccc(-c2ccc(C#N)cc2)cc1. The highest BCUT2D eigenvalue weighted by molar-refractivity contribution is 7.40. The molecule has 0 aliphatic rings. The maximum absolute atomic E-state index is 8.91. The molecule has 0 N–H and O–H groups in total. The molecule has 0 spiro atoms. The van der Waals surface area contributed by atoms with Gasteiger partial charge in [-0.3, -0.25) is 0 Å². The van der Waals surface area contributed by atoms with Crippen molar-refractivity contribution in [3.8, 4) is 22.9 Å². The zero-order valence-corrected chi connectivity index (χ0v) is 23.0. The average Bonchev–Trinajstić information content (AvgIpc) is 2.77. The van der Waals surface area contributed by atoms with E-state index in [1.807, 2.05) is 36.4 Å². The zero-order chi connectivity index (χ0) is 23.5. The van der Waals surface area contributed by atoms with E-state index in [0.717, 1.165) is 29.9 Å². The van der Waals surface area contributed by atoms with E-state index in [0.29, 0.717) is 5.56 Å². The summed E-state index contributed by atoms with van der Waals surface area (Å²) in [5.41, 5.74) is 2.96. The fourth-order valence-corrected chi connectivity index (χ4v) is 8.44. The Morgan fingerprint density at radius 3 is 1.62 bits per heavy atom. The Labute approximate surface area is 198 Å². The molecule has 32 heavy (non-hydrogen) atoms. The number of rotatable bonds is 14. The summed E-state index contributed by atoms with van der Waals surface area (Å²) in [6, 6.07) is 19.6. The van der Waals surface area contributed by atoms with Gasteiger partial charge in [-0.2, -0.15) is 5.26 Å². The van der Waals surface area contributed by atoms with Gasteiger partial charge >= 0.3 is 0 Å². The fourth-order valence-electron chi connectivity index (χ4n) is 3.78. The first-order chi connectivity index (χ1) is 15.2. The molecule has 174 valence electrons. The van der Waals surface area contributed by atoms with Gasteiger partial charge in [-0.1, -0.05) is 108 Å². The van der Waals surface area contributed by atoms with Gasteiger partial charge in [0.2, 0.25) is 0 Å². The topological polar surface area (TPSA) is 33.0 Å². The minimum Gasteiger partial charge on any atom is -0.494 e. The maximum atomic E-state index is 8.91. The van der Waals surface area contributed by atoms with Crippen LogP contribution in [0.25, 0.3) is 11.1 Å². The van der Waals surface area contributed by atoms with Gasteiger partial charge in [-0.15, -0.1) is 0 Å². The molecule has 0 aliphatic carbocycles. The lowest BCUT2D eigenvalue weighted by atomic mass is 10.0. The summed E-state index contributed by atoms with van der Waals surface area (Å²) in [6.45, 7) is 13.7. The third kappa shape index (κ3) is 8.96. The molecular formula is C28H43NOSi2. The van der Waals surface area contributed by atoms with Gasteiger partial charge in [-0.05, 0) is 41.8 Å². The van der Waals surface area contributed by atoms with Gasteiger partial charge in [0, 0.05) is 15.2 Å². The second-order valence-corrected chi connectivity index (χ2v) is 28.1. The second kappa shape index (κ2) is 13.0. The summed E-state index contributed by atoms with van der Waals surface area (Å²) >= 11 is 0. The number of nitriles is 1. The number of nitrogens with zero attached hydrogens (tertiary/aromatic N) is 1. The molecule has 0 bridgehead atoms. The standard InChI is InChI=1S/C28H43NOSi2/c1-31(2,3)32(4,5)23-13-11-9-7-6-8-10-12-22-30-28-20-18-27(19-21-28)26-16-14-25(24-29)15-17-26/h14-21H,6-13,22-23H2,1-5H3. The van der Waals surface area contributed by atoms with Crippen LogP contribution in [0.2, 0.25) is 38.8 Å². The lowest BCUT2D eigenvalue weighted by Gasteiger charge is -2.35. The van der Waals surface area contributed by atoms with Crippen molar-refractivity contribution in [2.24, 2.45) is 0 Å². The molecule has 2 aromatic carbocycles. The summed E-state index contributed by atoms with van der Waals surface area (Å²) in [4.78, 5) is 0. The van der Waals surface area contributed by atoms with Crippen molar-refractivity contribution in [1.29, 1.82) is 5.26 Å². The van der Waals surface area contributed by atoms with Crippen molar-refractivity contribution in [2.45, 2.75) is 90.1 Å². The minimum atomic E-state index is -0.933. The predicted molar refractivity (Wildman–Crippen MR) is 145 cm³/mol. The van der Waals surface area contributed by atoms with E-state index in [4.69, 9.17) is 10.00 Å². The molecule has 0 saturated carbocycles. The predicted octanol–water partition coefficient (Wildman–Crippen LogP) is 8.85. The van der Waals surface area contributed by atoms with Crippen LogP contribution >= 0.6 is 0 Å². The van der Waals surface area contributed by atoms with Gasteiger partial charge in [0.05, 0.1) is 18.2 Å². The first-order valence-corrected chi connectivity index (χ1v) is 20.2. The third-order valence-corrected chi connectivity index (χ3v) is 25.8. The monoisotopic (exact) mass is 465 g/mol. The number of unbranched alkanes of at least 4 members (excludes halogenated alkanes) is 7. The Morgan fingerprint density at radius 2 is 1.12 bits per heavy atom. The van der Waals surface area contributed by atoms with Gasteiger partial charge < -0.3 is 4.74 Å². The van der Waals surface area contributed by atoms with Crippen molar-refractivity contribution < 1.29 is 4.74 Å². The molecule has 0 aromatic heterocycles. The fraction of sp³-hybridized carbons (Fsp3) is 0.536. The van der Waals surface area contributed by atoms with Gasteiger partial charge in [0.15, 0.2) is 0 Å². The van der Waals surface area contributed by atoms with Crippen LogP contribution in [0.1, 0.15) is 56.9 Å². The lowest BCUT2D eigenvalue weighted by Crippen LogP contribution is -2.51.